The third-order valence-electron chi connectivity index (χ3n) is 3.43. The third-order valence-corrected chi connectivity index (χ3v) is 4.33. The molecule has 0 aliphatic heterocycles. The van der Waals surface area contributed by atoms with E-state index in [2.05, 4.69) is 15.9 Å². The van der Waals surface area contributed by atoms with Crippen molar-refractivity contribution in [1.82, 2.24) is 9.13 Å². The molecule has 3 rings (SSSR count). The maximum atomic E-state index is 11.9. The molecule has 0 aliphatic rings. The Bertz CT molecular complexity index is 847. The minimum atomic E-state index is -0.388. The van der Waals surface area contributed by atoms with Gasteiger partial charge in [0.05, 0.1) is 11.0 Å². The van der Waals surface area contributed by atoms with Crippen LogP contribution in [0.5, 0.6) is 0 Å². The molecule has 4 nitrogen and oxygen atoms in total. The summed E-state index contributed by atoms with van der Waals surface area (Å²) in [7, 11) is 3.51. The van der Waals surface area contributed by atoms with Gasteiger partial charge < -0.3 is 4.42 Å². The molecule has 20 heavy (non-hydrogen) atoms. The second kappa shape index (κ2) is 4.82. The lowest BCUT2D eigenvalue weighted by Gasteiger charge is -2.07. The average Bonchev–Trinajstić information content (AvgIpc) is 2.97. The molecule has 1 unspecified atom stereocenters. The molecule has 2 heterocycles. The van der Waals surface area contributed by atoms with E-state index in [-0.39, 0.29) is 11.1 Å². The number of aromatic nitrogens is 2. The third kappa shape index (κ3) is 2.01. The molecule has 0 saturated heterocycles. The van der Waals surface area contributed by atoms with E-state index in [4.69, 9.17) is 16.0 Å². The SMILES string of the molecule is Cn1c(=O)n(C)c2cc(C(Cl)c3ccc(Br)o3)ccc21. The highest BCUT2D eigenvalue weighted by Gasteiger charge is 2.17. The molecule has 0 spiro atoms. The quantitative estimate of drug-likeness (QED) is 0.659. The van der Waals surface area contributed by atoms with Crippen molar-refractivity contribution >= 4 is 38.6 Å². The molecule has 0 amide bonds. The first-order valence-electron chi connectivity index (χ1n) is 6.03. The number of hydrogen-bond acceptors (Lipinski definition) is 2. The highest BCUT2D eigenvalue weighted by Crippen LogP contribution is 2.32. The fourth-order valence-corrected chi connectivity index (χ4v) is 2.88. The molecule has 104 valence electrons. The Morgan fingerprint density at radius 3 is 2.50 bits per heavy atom. The van der Waals surface area contributed by atoms with E-state index in [1.807, 2.05) is 30.3 Å². The first-order valence-corrected chi connectivity index (χ1v) is 7.26. The standard InChI is InChI=1S/C14H12BrClN2O2/c1-17-9-4-3-8(7-10(9)18(2)14(17)19)13(16)11-5-6-12(15)20-11/h3-7,13H,1-2H3. The van der Waals surface area contributed by atoms with E-state index >= 15 is 0 Å². The molecule has 0 bridgehead atoms. The van der Waals surface area contributed by atoms with Crippen LogP contribution in [-0.4, -0.2) is 9.13 Å². The smallest absolute Gasteiger partial charge is 0.328 e. The van der Waals surface area contributed by atoms with E-state index in [1.54, 1.807) is 23.2 Å². The Kier molecular flexibility index (Phi) is 3.26. The summed E-state index contributed by atoms with van der Waals surface area (Å²) in [5.74, 6) is 0.666. The van der Waals surface area contributed by atoms with Gasteiger partial charge in [0.1, 0.15) is 11.1 Å². The molecule has 3 aromatic rings. The van der Waals surface area contributed by atoms with Crippen molar-refractivity contribution in [3.8, 4) is 0 Å². The van der Waals surface area contributed by atoms with E-state index in [0.717, 1.165) is 16.6 Å². The van der Waals surface area contributed by atoms with Crippen LogP contribution in [0.1, 0.15) is 16.7 Å². The van der Waals surface area contributed by atoms with Crippen molar-refractivity contribution in [2.24, 2.45) is 14.1 Å². The average molecular weight is 356 g/mol. The van der Waals surface area contributed by atoms with Crippen LogP contribution in [-0.2, 0) is 14.1 Å². The first kappa shape index (κ1) is 13.5. The highest BCUT2D eigenvalue weighted by molar-refractivity contribution is 9.10. The molecule has 0 fully saturated rings. The van der Waals surface area contributed by atoms with Crippen LogP contribution in [0.3, 0.4) is 0 Å². The predicted molar refractivity (Wildman–Crippen MR) is 82.3 cm³/mol. The summed E-state index contributed by atoms with van der Waals surface area (Å²) in [6, 6.07) is 9.37. The van der Waals surface area contributed by atoms with E-state index < -0.39 is 0 Å². The van der Waals surface area contributed by atoms with Gasteiger partial charge in [-0.1, -0.05) is 6.07 Å². The van der Waals surface area contributed by atoms with Crippen molar-refractivity contribution in [3.63, 3.8) is 0 Å². The second-order valence-electron chi connectivity index (χ2n) is 4.65. The van der Waals surface area contributed by atoms with Gasteiger partial charge in [-0.2, -0.15) is 0 Å². The van der Waals surface area contributed by atoms with Gasteiger partial charge in [0.15, 0.2) is 4.67 Å². The monoisotopic (exact) mass is 354 g/mol. The first-order chi connectivity index (χ1) is 9.49. The summed E-state index contributed by atoms with van der Waals surface area (Å²) >= 11 is 9.70. The van der Waals surface area contributed by atoms with E-state index in [9.17, 15) is 4.79 Å². The number of rotatable bonds is 2. The Morgan fingerprint density at radius 1 is 1.15 bits per heavy atom. The van der Waals surface area contributed by atoms with E-state index in [1.165, 1.54) is 0 Å². The molecule has 0 saturated carbocycles. The summed E-state index contributed by atoms with van der Waals surface area (Å²) in [5, 5.41) is -0.388. The number of imidazole rings is 1. The Morgan fingerprint density at radius 2 is 1.85 bits per heavy atom. The topological polar surface area (TPSA) is 40.1 Å². The van der Waals surface area contributed by atoms with Crippen LogP contribution < -0.4 is 5.69 Å². The van der Waals surface area contributed by atoms with Crippen LogP contribution >= 0.6 is 27.5 Å². The number of hydrogen-bond donors (Lipinski definition) is 0. The lowest BCUT2D eigenvalue weighted by molar-refractivity contribution is 0.494. The van der Waals surface area contributed by atoms with Gasteiger partial charge in [0.25, 0.3) is 0 Å². The Hall–Kier alpha value is -1.46. The Balaban J connectivity index is 2.14. The van der Waals surface area contributed by atoms with Gasteiger partial charge in [-0.25, -0.2) is 4.79 Å². The highest BCUT2D eigenvalue weighted by atomic mass is 79.9. The van der Waals surface area contributed by atoms with Crippen LogP contribution in [0, 0.1) is 0 Å². The molecule has 6 heteroatoms. The zero-order valence-corrected chi connectivity index (χ0v) is 13.3. The van der Waals surface area contributed by atoms with Crippen LogP contribution in [0.15, 0.2) is 44.2 Å². The normalized spacial score (nSPS) is 13.0. The van der Waals surface area contributed by atoms with Gasteiger partial charge >= 0.3 is 5.69 Å². The predicted octanol–water partition coefficient (Wildman–Crippen LogP) is 3.56. The van der Waals surface area contributed by atoms with E-state index in [0.29, 0.717) is 10.4 Å². The molecule has 0 aliphatic carbocycles. The number of furan rings is 1. The summed E-state index contributed by atoms with van der Waals surface area (Å²) in [5.41, 5.74) is 2.57. The molecule has 0 N–H and O–H groups in total. The number of nitrogens with zero attached hydrogens (tertiary/aromatic N) is 2. The lowest BCUT2D eigenvalue weighted by atomic mass is 10.1. The van der Waals surface area contributed by atoms with Gasteiger partial charge in [0, 0.05) is 14.1 Å². The number of halogens is 2. The zero-order chi connectivity index (χ0) is 14.4. The zero-order valence-electron chi connectivity index (χ0n) is 10.9. The molecule has 2 aromatic heterocycles. The van der Waals surface area contributed by atoms with Crippen LogP contribution in [0.4, 0.5) is 0 Å². The minimum Gasteiger partial charge on any atom is -0.452 e. The maximum absolute atomic E-state index is 11.9. The van der Waals surface area contributed by atoms with Crippen molar-refractivity contribution in [2.75, 3.05) is 0 Å². The van der Waals surface area contributed by atoms with Crippen LogP contribution in [0.2, 0.25) is 0 Å². The number of benzene rings is 1. The second-order valence-corrected chi connectivity index (χ2v) is 5.87. The summed E-state index contributed by atoms with van der Waals surface area (Å²) in [4.78, 5) is 11.9. The molecule has 0 radical (unpaired) electrons. The van der Waals surface area contributed by atoms with Crippen molar-refractivity contribution in [1.29, 1.82) is 0 Å². The summed E-state index contributed by atoms with van der Waals surface area (Å²) < 4.78 is 9.36. The van der Waals surface area contributed by atoms with Gasteiger partial charge in [-0.05, 0) is 45.8 Å². The molecule has 1 atom stereocenters. The largest absolute Gasteiger partial charge is 0.452 e. The van der Waals surface area contributed by atoms with Gasteiger partial charge in [-0.15, -0.1) is 11.6 Å². The minimum absolute atomic E-state index is 0.0518. The summed E-state index contributed by atoms with van der Waals surface area (Å²) in [6.07, 6.45) is 0. The van der Waals surface area contributed by atoms with Crippen LogP contribution in [0.25, 0.3) is 11.0 Å². The van der Waals surface area contributed by atoms with Crippen molar-refractivity contribution in [2.45, 2.75) is 5.38 Å². The Labute approximate surface area is 128 Å². The van der Waals surface area contributed by atoms with Crippen molar-refractivity contribution in [3.05, 3.63) is 56.8 Å². The molecular weight excluding hydrogens is 344 g/mol. The number of fused-ring (bicyclic) bond motifs is 1. The maximum Gasteiger partial charge on any atom is 0.328 e. The summed E-state index contributed by atoms with van der Waals surface area (Å²) in [6.45, 7) is 0. The van der Waals surface area contributed by atoms with Gasteiger partial charge in [-0.3, -0.25) is 9.13 Å². The molecular formula is C14H12BrClN2O2. The fraction of sp³-hybridized carbons (Fsp3) is 0.214. The number of aryl methyl sites for hydroxylation is 2. The molecule has 1 aromatic carbocycles. The fourth-order valence-electron chi connectivity index (χ4n) is 2.31. The van der Waals surface area contributed by atoms with Crippen molar-refractivity contribution < 1.29 is 4.42 Å². The van der Waals surface area contributed by atoms with Gasteiger partial charge in [0.2, 0.25) is 0 Å². The number of alkyl halides is 1. The lowest BCUT2D eigenvalue weighted by Crippen LogP contribution is -2.19.